The number of ether oxygens (including phenoxy) is 1. The first-order chi connectivity index (χ1) is 10.3. The van der Waals surface area contributed by atoms with Crippen molar-refractivity contribution in [2.45, 2.75) is 32.4 Å². The Kier molecular flexibility index (Phi) is 5.19. The predicted octanol–water partition coefficient (Wildman–Crippen LogP) is 4.46. The highest BCUT2D eigenvalue weighted by Crippen LogP contribution is 2.24. The third kappa shape index (κ3) is 4.84. The van der Waals surface area contributed by atoms with Gasteiger partial charge in [-0.15, -0.1) is 0 Å². The number of rotatable bonds is 3. The predicted molar refractivity (Wildman–Crippen MR) is 89.6 cm³/mol. The second-order valence-corrected chi connectivity index (χ2v) is 6.84. The van der Waals surface area contributed by atoms with Crippen molar-refractivity contribution in [1.29, 1.82) is 0 Å². The number of pyridine rings is 1. The van der Waals surface area contributed by atoms with Gasteiger partial charge in [-0.3, -0.25) is 4.98 Å². The molecule has 116 valence electrons. The Balaban J connectivity index is 2.29. The first kappa shape index (κ1) is 16.5. The molecule has 2 aromatic rings. The lowest BCUT2D eigenvalue weighted by Crippen LogP contribution is -2.35. The summed E-state index contributed by atoms with van der Waals surface area (Å²) >= 11 is 3.41. The van der Waals surface area contributed by atoms with E-state index in [0.29, 0.717) is 0 Å². The summed E-state index contributed by atoms with van der Waals surface area (Å²) in [5, 5.41) is 2.91. The van der Waals surface area contributed by atoms with Gasteiger partial charge in [0, 0.05) is 16.9 Å². The maximum atomic E-state index is 12.1. The zero-order chi connectivity index (χ0) is 16.2. The highest BCUT2D eigenvalue weighted by molar-refractivity contribution is 9.10. The van der Waals surface area contributed by atoms with E-state index in [1.54, 1.807) is 12.4 Å². The van der Waals surface area contributed by atoms with Gasteiger partial charge in [0.15, 0.2) is 0 Å². The van der Waals surface area contributed by atoms with Crippen molar-refractivity contribution < 1.29 is 9.53 Å². The van der Waals surface area contributed by atoms with Gasteiger partial charge in [0.1, 0.15) is 5.60 Å². The van der Waals surface area contributed by atoms with Crippen LogP contribution in [0.1, 0.15) is 37.9 Å². The molecule has 0 aliphatic heterocycles. The zero-order valence-electron chi connectivity index (χ0n) is 12.8. The summed E-state index contributed by atoms with van der Waals surface area (Å²) < 4.78 is 6.22. The number of hydrogen-bond acceptors (Lipinski definition) is 3. The zero-order valence-corrected chi connectivity index (χ0v) is 14.4. The van der Waals surface area contributed by atoms with E-state index in [0.717, 1.165) is 15.6 Å². The molecule has 0 aliphatic rings. The Morgan fingerprint density at radius 1 is 1.18 bits per heavy atom. The minimum atomic E-state index is -0.541. The summed E-state index contributed by atoms with van der Waals surface area (Å²) in [6.45, 7) is 5.51. The highest BCUT2D eigenvalue weighted by Gasteiger charge is 2.22. The van der Waals surface area contributed by atoms with Gasteiger partial charge < -0.3 is 10.1 Å². The molecule has 0 radical (unpaired) electrons. The summed E-state index contributed by atoms with van der Waals surface area (Å²) in [5.41, 5.74) is 1.31. The Morgan fingerprint density at radius 2 is 1.86 bits per heavy atom. The van der Waals surface area contributed by atoms with Crippen LogP contribution >= 0.6 is 15.9 Å². The molecule has 1 atom stereocenters. The SMILES string of the molecule is CC(C)(C)OC(=O)NC(c1ccccc1)c1cncc(Br)c1. The Hall–Kier alpha value is -1.88. The lowest BCUT2D eigenvalue weighted by atomic mass is 10.0. The van der Waals surface area contributed by atoms with Gasteiger partial charge in [-0.05, 0) is 53.9 Å². The molecule has 2 rings (SSSR count). The molecule has 1 amide bonds. The van der Waals surface area contributed by atoms with Gasteiger partial charge >= 0.3 is 6.09 Å². The summed E-state index contributed by atoms with van der Waals surface area (Å²) in [6, 6.07) is 11.3. The van der Waals surface area contributed by atoms with E-state index < -0.39 is 11.7 Å². The molecule has 0 saturated carbocycles. The van der Waals surface area contributed by atoms with Crippen molar-refractivity contribution in [3.8, 4) is 0 Å². The molecule has 1 heterocycles. The Morgan fingerprint density at radius 3 is 2.45 bits per heavy atom. The van der Waals surface area contributed by atoms with E-state index in [9.17, 15) is 4.79 Å². The number of carbonyl (C=O) groups excluding carboxylic acids is 1. The van der Waals surface area contributed by atoms with Gasteiger partial charge in [-0.2, -0.15) is 0 Å². The standard InChI is InChI=1S/C17H19BrN2O2/c1-17(2,3)22-16(21)20-15(12-7-5-4-6-8-12)13-9-14(18)11-19-10-13/h4-11,15H,1-3H3,(H,20,21). The summed E-state index contributed by atoms with van der Waals surface area (Å²) in [6.07, 6.45) is 2.99. The first-order valence-corrected chi connectivity index (χ1v) is 7.79. The fourth-order valence-electron chi connectivity index (χ4n) is 2.02. The van der Waals surface area contributed by atoms with Gasteiger partial charge in [0.2, 0.25) is 0 Å². The van der Waals surface area contributed by atoms with Gasteiger partial charge in [0.05, 0.1) is 6.04 Å². The third-order valence-electron chi connectivity index (χ3n) is 2.85. The van der Waals surface area contributed by atoms with E-state index >= 15 is 0 Å². The van der Waals surface area contributed by atoms with E-state index in [1.165, 1.54) is 0 Å². The number of nitrogens with zero attached hydrogens (tertiary/aromatic N) is 1. The highest BCUT2D eigenvalue weighted by atomic mass is 79.9. The molecular formula is C17H19BrN2O2. The van der Waals surface area contributed by atoms with Crippen LogP contribution in [0.5, 0.6) is 0 Å². The maximum Gasteiger partial charge on any atom is 0.408 e. The van der Waals surface area contributed by atoms with Crippen LogP contribution in [0.4, 0.5) is 4.79 Å². The number of nitrogens with one attached hydrogen (secondary N) is 1. The van der Waals surface area contributed by atoms with Crippen LogP contribution in [-0.2, 0) is 4.74 Å². The Labute approximate surface area is 139 Å². The van der Waals surface area contributed by atoms with Crippen LogP contribution in [0.3, 0.4) is 0 Å². The molecule has 1 unspecified atom stereocenters. The number of benzene rings is 1. The Bertz CT molecular complexity index is 639. The van der Waals surface area contributed by atoms with Crippen LogP contribution < -0.4 is 5.32 Å². The number of amides is 1. The number of hydrogen-bond donors (Lipinski definition) is 1. The summed E-state index contributed by atoms with van der Waals surface area (Å²) in [7, 11) is 0. The fourth-order valence-corrected chi connectivity index (χ4v) is 2.40. The molecule has 5 heteroatoms. The smallest absolute Gasteiger partial charge is 0.408 e. The number of alkyl carbamates (subject to hydrolysis) is 1. The quantitative estimate of drug-likeness (QED) is 0.876. The van der Waals surface area contributed by atoms with Crippen LogP contribution in [0.25, 0.3) is 0 Å². The number of halogens is 1. The summed E-state index contributed by atoms with van der Waals surface area (Å²) in [4.78, 5) is 16.3. The molecular weight excluding hydrogens is 344 g/mol. The van der Waals surface area contributed by atoms with Crippen LogP contribution in [0.15, 0.2) is 53.3 Å². The monoisotopic (exact) mass is 362 g/mol. The van der Waals surface area contributed by atoms with Crippen LogP contribution in [0, 0.1) is 0 Å². The van der Waals surface area contributed by atoms with Crippen LogP contribution in [0.2, 0.25) is 0 Å². The average molecular weight is 363 g/mol. The molecule has 0 aliphatic carbocycles. The topological polar surface area (TPSA) is 51.2 Å². The third-order valence-corrected chi connectivity index (χ3v) is 3.29. The first-order valence-electron chi connectivity index (χ1n) is 7.00. The van der Waals surface area contributed by atoms with Crippen molar-refractivity contribution in [3.05, 3.63) is 64.4 Å². The number of carbonyl (C=O) groups is 1. The van der Waals surface area contributed by atoms with E-state index in [4.69, 9.17) is 4.74 Å². The van der Waals surface area contributed by atoms with Crippen molar-refractivity contribution >= 4 is 22.0 Å². The fraction of sp³-hybridized carbons (Fsp3) is 0.294. The lowest BCUT2D eigenvalue weighted by Gasteiger charge is -2.24. The minimum absolute atomic E-state index is 0.318. The molecule has 0 bridgehead atoms. The van der Waals surface area contributed by atoms with E-state index in [-0.39, 0.29) is 6.04 Å². The second kappa shape index (κ2) is 6.92. The van der Waals surface area contributed by atoms with Gasteiger partial charge in [-0.25, -0.2) is 4.79 Å². The van der Waals surface area contributed by atoms with Crippen molar-refractivity contribution in [3.63, 3.8) is 0 Å². The van der Waals surface area contributed by atoms with Gasteiger partial charge in [0.25, 0.3) is 0 Å². The molecule has 22 heavy (non-hydrogen) atoms. The second-order valence-electron chi connectivity index (χ2n) is 5.93. The molecule has 1 aromatic heterocycles. The summed E-state index contributed by atoms with van der Waals surface area (Å²) in [5.74, 6) is 0. The molecule has 4 nitrogen and oxygen atoms in total. The maximum absolute atomic E-state index is 12.1. The molecule has 0 spiro atoms. The molecule has 1 N–H and O–H groups in total. The largest absolute Gasteiger partial charge is 0.444 e. The van der Waals surface area contributed by atoms with Crippen molar-refractivity contribution in [1.82, 2.24) is 10.3 Å². The van der Waals surface area contributed by atoms with E-state index in [1.807, 2.05) is 57.2 Å². The van der Waals surface area contributed by atoms with Crippen LogP contribution in [-0.4, -0.2) is 16.7 Å². The minimum Gasteiger partial charge on any atom is -0.444 e. The van der Waals surface area contributed by atoms with E-state index in [2.05, 4.69) is 26.2 Å². The van der Waals surface area contributed by atoms with Crippen molar-refractivity contribution in [2.24, 2.45) is 0 Å². The van der Waals surface area contributed by atoms with Crippen molar-refractivity contribution in [2.75, 3.05) is 0 Å². The number of aromatic nitrogens is 1. The average Bonchev–Trinajstić information content (AvgIpc) is 2.44. The van der Waals surface area contributed by atoms with Gasteiger partial charge in [-0.1, -0.05) is 30.3 Å². The molecule has 0 saturated heterocycles. The lowest BCUT2D eigenvalue weighted by molar-refractivity contribution is 0.0512. The normalized spacial score (nSPS) is 12.5. The molecule has 1 aromatic carbocycles. The molecule has 0 fully saturated rings.